The minimum atomic E-state index is -0.635. The molecule has 1 saturated carbocycles. The number of esters is 1. The van der Waals surface area contributed by atoms with E-state index in [1.165, 1.54) is 6.42 Å². The normalized spacial score (nSPS) is 26.3. The van der Waals surface area contributed by atoms with Gasteiger partial charge in [-0.25, -0.2) is 4.79 Å². The highest BCUT2D eigenvalue weighted by molar-refractivity contribution is 5.95. The predicted octanol–water partition coefficient (Wildman–Crippen LogP) is 4.25. The lowest BCUT2D eigenvalue weighted by atomic mass is 9.74. The summed E-state index contributed by atoms with van der Waals surface area (Å²) in [5.41, 5.74) is 4.25. The Kier molecular flexibility index (Phi) is 7.59. The minimum absolute atomic E-state index is 0.212. The van der Waals surface area contributed by atoms with Crippen molar-refractivity contribution < 1.29 is 19.1 Å². The molecule has 2 unspecified atom stereocenters. The lowest BCUT2D eigenvalue weighted by molar-refractivity contribution is -0.133. The molecular formula is C30H35N3O4. The fourth-order valence-corrected chi connectivity index (χ4v) is 5.91. The number of nitriles is 1. The molecule has 2 aliphatic heterocycles. The highest BCUT2D eigenvalue weighted by Gasteiger charge is 2.47. The molecule has 1 amide bonds. The number of benzene rings is 2. The molecular weight excluding hydrogens is 466 g/mol. The molecule has 0 radical (unpaired) electrons. The van der Waals surface area contributed by atoms with Crippen molar-refractivity contribution in [3.63, 3.8) is 0 Å². The summed E-state index contributed by atoms with van der Waals surface area (Å²) >= 11 is 0. The van der Waals surface area contributed by atoms with E-state index in [4.69, 9.17) is 9.47 Å². The maximum absolute atomic E-state index is 12.7. The van der Waals surface area contributed by atoms with Crippen LogP contribution in [0.5, 0.6) is 0 Å². The van der Waals surface area contributed by atoms with Gasteiger partial charge in [-0.15, -0.1) is 0 Å². The fraction of sp³-hybridized carbons (Fsp3) is 0.500. The van der Waals surface area contributed by atoms with Gasteiger partial charge in [0.05, 0.1) is 11.6 Å². The molecule has 37 heavy (non-hydrogen) atoms. The number of ether oxygens (including phenoxy) is 2. The zero-order chi connectivity index (χ0) is 25.8. The van der Waals surface area contributed by atoms with Crippen LogP contribution in [0.4, 0.5) is 0 Å². The van der Waals surface area contributed by atoms with Crippen LogP contribution in [-0.2, 0) is 26.3 Å². The summed E-state index contributed by atoms with van der Waals surface area (Å²) in [6.45, 7) is 4.11. The van der Waals surface area contributed by atoms with Crippen LogP contribution in [0.2, 0.25) is 0 Å². The monoisotopic (exact) mass is 501 g/mol. The highest BCUT2D eigenvalue weighted by atomic mass is 16.6. The maximum Gasteiger partial charge on any atom is 0.339 e. The van der Waals surface area contributed by atoms with Gasteiger partial charge in [-0.1, -0.05) is 43.7 Å². The third-order valence-corrected chi connectivity index (χ3v) is 7.86. The summed E-state index contributed by atoms with van der Waals surface area (Å²) < 4.78 is 11.6. The van der Waals surface area contributed by atoms with Crippen LogP contribution in [0.1, 0.15) is 66.9 Å². The first-order valence-corrected chi connectivity index (χ1v) is 13.5. The van der Waals surface area contributed by atoms with Crippen LogP contribution < -0.4 is 10.6 Å². The van der Waals surface area contributed by atoms with Crippen LogP contribution in [0.3, 0.4) is 0 Å². The summed E-state index contributed by atoms with van der Waals surface area (Å²) in [4.78, 5) is 25.3. The number of hydrogen-bond donors (Lipinski definition) is 2. The summed E-state index contributed by atoms with van der Waals surface area (Å²) in [7, 11) is 0. The SMILES string of the molecule is CC1CCCC2(C1)OC(=O)c1ccc(-c3ccc(C[C@@H](C#N)NC(=O)[C@@H]4CNCCCCO4)cc3)cc12. The molecule has 3 aliphatic rings. The first kappa shape index (κ1) is 25.4. The fourth-order valence-electron chi connectivity index (χ4n) is 5.91. The van der Waals surface area contributed by atoms with Gasteiger partial charge in [0, 0.05) is 25.1 Å². The van der Waals surface area contributed by atoms with Crippen molar-refractivity contribution in [1.82, 2.24) is 10.6 Å². The average Bonchev–Trinajstić information content (AvgIpc) is 3.13. The van der Waals surface area contributed by atoms with Gasteiger partial charge in [-0.05, 0) is 73.4 Å². The van der Waals surface area contributed by atoms with Gasteiger partial charge in [0.1, 0.15) is 17.7 Å². The van der Waals surface area contributed by atoms with E-state index in [0.29, 0.717) is 31.1 Å². The lowest BCUT2D eigenvalue weighted by Gasteiger charge is -2.36. The van der Waals surface area contributed by atoms with Crippen LogP contribution in [0, 0.1) is 17.2 Å². The van der Waals surface area contributed by atoms with Gasteiger partial charge in [-0.2, -0.15) is 5.26 Å². The van der Waals surface area contributed by atoms with Crippen molar-refractivity contribution in [2.24, 2.45) is 5.92 Å². The van der Waals surface area contributed by atoms with Crippen molar-refractivity contribution in [2.45, 2.75) is 69.6 Å². The average molecular weight is 502 g/mol. The third kappa shape index (κ3) is 5.56. The highest BCUT2D eigenvalue weighted by Crippen LogP contribution is 2.49. The van der Waals surface area contributed by atoms with E-state index in [1.54, 1.807) is 0 Å². The zero-order valence-corrected chi connectivity index (χ0v) is 21.4. The van der Waals surface area contributed by atoms with Crippen LogP contribution in [0.25, 0.3) is 11.1 Å². The second-order valence-corrected chi connectivity index (χ2v) is 10.7. The molecule has 194 valence electrons. The first-order chi connectivity index (χ1) is 18.0. The van der Waals surface area contributed by atoms with Gasteiger partial charge < -0.3 is 20.1 Å². The summed E-state index contributed by atoms with van der Waals surface area (Å²) in [5.74, 6) is 0.0634. The van der Waals surface area contributed by atoms with Crippen molar-refractivity contribution in [1.29, 1.82) is 5.26 Å². The second-order valence-electron chi connectivity index (χ2n) is 10.7. The van der Waals surface area contributed by atoms with Crippen molar-refractivity contribution >= 4 is 11.9 Å². The molecule has 1 saturated heterocycles. The standard InChI is InChI=1S/C30H35N3O4/c1-20-5-4-12-30(17-20)26-16-23(10-11-25(26)29(35)37-30)22-8-6-21(7-9-22)15-24(18-31)33-28(34)27-19-32-13-2-3-14-36-27/h6-11,16,20,24,27,32H,2-5,12-15,17,19H2,1H3,(H,33,34)/t20?,24-,27-,30?/m0/s1. The number of hydrogen-bond acceptors (Lipinski definition) is 6. The molecule has 4 atom stereocenters. The quantitative estimate of drug-likeness (QED) is 0.594. The smallest absolute Gasteiger partial charge is 0.339 e. The van der Waals surface area contributed by atoms with E-state index in [2.05, 4.69) is 29.7 Å². The largest absolute Gasteiger partial charge is 0.451 e. The molecule has 0 bridgehead atoms. The molecule has 2 fully saturated rings. The van der Waals surface area contributed by atoms with Gasteiger partial charge in [-0.3, -0.25) is 4.79 Å². The Balaban J connectivity index is 1.27. The van der Waals surface area contributed by atoms with E-state index >= 15 is 0 Å². The van der Waals surface area contributed by atoms with E-state index in [1.807, 2.05) is 36.4 Å². The second kappa shape index (κ2) is 11.0. The van der Waals surface area contributed by atoms with Crippen LogP contribution >= 0.6 is 0 Å². The molecule has 2 aromatic carbocycles. The predicted molar refractivity (Wildman–Crippen MR) is 140 cm³/mol. The van der Waals surface area contributed by atoms with E-state index < -0.39 is 17.7 Å². The Morgan fingerprint density at radius 1 is 1.19 bits per heavy atom. The topological polar surface area (TPSA) is 100 Å². The number of amides is 1. The molecule has 7 nitrogen and oxygen atoms in total. The van der Waals surface area contributed by atoms with Crippen LogP contribution in [0.15, 0.2) is 42.5 Å². The summed E-state index contributed by atoms with van der Waals surface area (Å²) in [6.07, 6.45) is 5.76. The maximum atomic E-state index is 12.7. The van der Waals surface area contributed by atoms with E-state index in [0.717, 1.165) is 60.9 Å². The lowest BCUT2D eigenvalue weighted by Crippen LogP contribution is -2.47. The number of nitrogens with zero attached hydrogens (tertiary/aromatic N) is 1. The number of carbonyl (C=O) groups excluding carboxylic acids is 2. The Labute approximate surface area is 218 Å². The Morgan fingerprint density at radius 2 is 2.00 bits per heavy atom. The Hall–Kier alpha value is -3.21. The van der Waals surface area contributed by atoms with E-state index in [9.17, 15) is 14.9 Å². The summed E-state index contributed by atoms with van der Waals surface area (Å²) in [5, 5.41) is 15.7. The first-order valence-electron chi connectivity index (χ1n) is 13.5. The Morgan fingerprint density at radius 3 is 2.78 bits per heavy atom. The Bertz CT molecular complexity index is 1180. The third-order valence-electron chi connectivity index (χ3n) is 7.86. The van der Waals surface area contributed by atoms with Gasteiger partial charge >= 0.3 is 5.97 Å². The molecule has 0 aromatic heterocycles. The number of carbonyl (C=O) groups is 2. The van der Waals surface area contributed by atoms with Gasteiger partial charge in [0.2, 0.25) is 0 Å². The van der Waals surface area contributed by atoms with Crippen molar-refractivity contribution in [3.8, 4) is 17.2 Å². The minimum Gasteiger partial charge on any atom is -0.451 e. The van der Waals surface area contributed by atoms with Gasteiger partial charge in [0.15, 0.2) is 0 Å². The molecule has 2 heterocycles. The van der Waals surface area contributed by atoms with Crippen molar-refractivity contribution in [3.05, 3.63) is 59.2 Å². The summed E-state index contributed by atoms with van der Waals surface area (Å²) in [6, 6.07) is 15.6. The van der Waals surface area contributed by atoms with Crippen LogP contribution in [-0.4, -0.2) is 43.7 Å². The molecule has 2 N–H and O–H groups in total. The van der Waals surface area contributed by atoms with E-state index in [-0.39, 0.29) is 11.9 Å². The van der Waals surface area contributed by atoms with Gasteiger partial charge in [0.25, 0.3) is 5.91 Å². The molecule has 5 rings (SSSR count). The number of fused-ring (bicyclic) bond motifs is 2. The number of nitrogens with one attached hydrogen (secondary N) is 2. The molecule has 7 heteroatoms. The number of rotatable bonds is 5. The molecule has 1 spiro atoms. The van der Waals surface area contributed by atoms with Crippen molar-refractivity contribution in [2.75, 3.05) is 19.7 Å². The molecule has 2 aromatic rings. The molecule has 1 aliphatic carbocycles. The zero-order valence-electron chi connectivity index (χ0n) is 21.4.